The molecule has 4 rings (SSSR count). The molecule has 5 heteroatoms. The van der Waals surface area contributed by atoms with Gasteiger partial charge < -0.3 is 9.80 Å². The second kappa shape index (κ2) is 7.23. The lowest BCUT2D eigenvalue weighted by Crippen LogP contribution is -2.48. The minimum Gasteiger partial charge on any atom is -0.345 e. The predicted octanol–water partition coefficient (Wildman–Crippen LogP) is 3.58. The highest BCUT2D eigenvalue weighted by molar-refractivity contribution is 7.13. The maximum atomic E-state index is 12.5. The van der Waals surface area contributed by atoms with Crippen LogP contribution in [0.1, 0.15) is 12.0 Å². The summed E-state index contributed by atoms with van der Waals surface area (Å²) in [5.74, 6) is 0.256. The number of fused-ring (bicyclic) bond motifs is 1. The number of carbonyl (C=O) groups is 1. The zero-order valence-corrected chi connectivity index (χ0v) is 14.9. The van der Waals surface area contributed by atoms with E-state index in [0.29, 0.717) is 6.42 Å². The van der Waals surface area contributed by atoms with Crippen LogP contribution in [-0.2, 0) is 11.2 Å². The Morgan fingerprint density at radius 3 is 2.60 bits per heavy atom. The lowest BCUT2D eigenvalue weighted by molar-refractivity contribution is -0.131. The summed E-state index contributed by atoms with van der Waals surface area (Å²) in [6, 6.07) is 14.8. The lowest BCUT2D eigenvalue weighted by Gasteiger charge is -2.34. The number of aromatic nitrogens is 1. The number of aryl methyl sites for hydroxylation is 1. The Labute approximate surface area is 151 Å². The summed E-state index contributed by atoms with van der Waals surface area (Å²) in [4.78, 5) is 21.1. The molecule has 0 aliphatic carbocycles. The van der Waals surface area contributed by atoms with Gasteiger partial charge >= 0.3 is 0 Å². The summed E-state index contributed by atoms with van der Waals surface area (Å²) in [6.07, 6.45) is 3.22. The van der Waals surface area contributed by atoms with Crippen molar-refractivity contribution in [1.29, 1.82) is 0 Å². The van der Waals surface area contributed by atoms with Crippen LogP contribution in [0.2, 0.25) is 0 Å². The molecule has 0 spiro atoms. The normalized spacial score (nSPS) is 14.9. The van der Waals surface area contributed by atoms with Crippen LogP contribution < -0.4 is 4.90 Å². The molecule has 1 saturated heterocycles. The molecule has 0 radical (unpaired) electrons. The fourth-order valence-corrected chi connectivity index (χ4v) is 4.02. The van der Waals surface area contributed by atoms with Gasteiger partial charge in [0.25, 0.3) is 0 Å². The monoisotopic (exact) mass is 351 g/mol. The average molecular weight is 351 g/mol. The minimum absolute atomic E-state index is 0.256. The predicted molar refractivity (Wildman–Crippen MR) is 103 cm³/mol. The van der Waals surface area contributed by atoms with E-state index in [2.05, 4.69) is 52.3 Å². The molecule has 128 valence electrons. The highest BCUT2D eigenvalue weighted by Crippen LogP contribution is 2.20. The minimum atomic E-state index is 0.256. The number of amides is 1. The first kappa shape index (κ1) is 16.1. The first-order valence-electron chi connectivity index (χ1n) is 8.69. The van der Waals surface area contributed by atoms with E-state index in [9.17, 15) is 4.79 Å². The van der Waals surface area contributed by atoms with E-state index in [1.54, 1.807) is 11.3 Å². The van der Waals surface area contributed by atoms with Crippen molar-refractivity contribution >= 4 is 33.1 Å². The molecule has 2 heterocycles. The number of hydrogen-bond acceptors (Lipinski definition) is 4. The van der Waals surface area contributed by atoms with Gasteiger partial charge in [-0.05, 0) is 22.8 Å². The van der Waals surface area contributed by atoms with Crippen LogP contribution in [0, 0.1) is 0 Å². The summed E-state index contributed by atoms with van der Waals surface area (Å²) in [5.41, 5.74) is 1.23. The highest BCUT2D eigenvalue weighted by atomic mass is 32.1. The summed E-state index contributed by atoms with van der Waals surface area (Å²) < 4.78 is 0. The Balaban J connectivity index is 1.31. The van der Waals surface area contributed by atoms with Crippen LogP contribution in [-0.4, -0.2) is 42.0 Å². The van der Waals surface area contributed by atoms with Crippen LogP contribution >= 0.6 is 11.3 Å². The maximum absolute atomic E-state index is 12.5. The Morgan fingerprint density at radius 1 is 1.04 bits per heavy atom. The van der Waals surface area contributed by atoms with Gasteiger partial charge in [0, 0.05) is 44.2 Å². The van der Waals surface area contributed by atoms with Crippen LogP contribution in [0.5, 0.6) is 0 Å². The largest absolute Gasteiger partial charge is 0.345 e. The molecule has 4 nitrogen and oxygen atoms in total. The third-order valence-electron chi connectivity index (χ3n) is 4.76. The van der Waals surface area contributed by atoms with E-state index >= 15 is 0 Å². The number of hydrogen-bond donors (Lipinski definition) is 0. The Morgan fingerprint density at radius 2 is 1.84 bits per heavy atom. The molecule has 3 aromatic rings. The number of piperazine rings is 1. The molecule has 1 fully saturated rings. The molecule has 25 heavy (non-hydrogen) atoms. The van der Waals surface area contributed by atoms with Crippen LogP contribution in [0.15, 0.2) is 54.0 Å². The summed E-state index contributed by atoms with van der Waals surface area (Å²) in [5, 5.41) is 5.54. The molecule has 1 aliphatic heterocycles. The van der Waals surface area contributed by atoms with Crippen LogP contribution in [0.25, 0.3) is 10.8 Å². The summed E-state index contributed by atoms with van der Waals surface area (Å²) >= 11 is 1.66. The second-order valence-electron chi connectivity index (χ2n) is 6.36. The fraction of sp³-hybridized carbons (Fsp3) is 0.300. The average Bonchev–Trinajstić information content (AvgIpc) is 3.21. The van der Waals surface area contributed by atoms with Gasteiger partial charge in [-0.15, -0.1) is 11.3 Å². The van der Waals surface area contributed by atoms with Crippen molar-refractivity contribution in [3.63, 3.8) is 0 Å². The first-order valence-corrected chi connectivity index (χ1v) is 9.57. The fourth-order valence-electron chi connectivity index (χ4n) is 3.32. The molecular weight excluding hydrogens is 330 g/mol. The number of nitrogens with zero attached hydrogens (tertiary/aromatic N) is 3. The van der Waals surface area contributed by atoms with Gasteiger partial charge in [-0.1, -0.05) is 42.5 Å². The Hall–Kier alpha value is -2.40. The number of benzene rings is 2. The highest BCUT2D eigenvalue weighted by Gasteiger charge is 2.22. The number of carbonyl (C=O) groups excluding carboxylic acids is 1. The molecule has 2 aromatic carbocycles. The van der Waals surface area contributed by atoms with Crippen molar-refractivity contribution in [2.45, 2.75) is 12.8 Å². The molecule has 0 unspecified atom stereocenters. The zero-order chi connectivity index (χ0) is 17.1. The first-order chi connectivity index (χ1) is 12.3. The van der Waals surface area contributed by atoms with Crippen molar-refractivity contribution in [3.05, 3.63) is 59.6 Å². The van der Waals surface area contributed by atoms with Gasteiger partial charge in [0.15, 0.2) is 5.13 Å². The van der Waals surface area contributed by atoms with E-state index in [4.69, 9.17) is 0 Å². The number of thiazole rings is 1. The van der Waals surface area contributed by atoms with Gasteiger partial charge in [-0.25, -0.2) is 4.98 Å². The molecule has 0 saturated carbocycles. The number of rotatable bonds is 4. The van der Waals surface area contributed by atoms with Gasteiger partial charge in [0.1, 0.15) is 0 Å². The van der Waals surface area contributed by atoms with Crippen molar-refractivity contribution in [2.24, 2.45) is 0 Å². The van der Waals surface area contributed by atoms with E-state index < -0.39 is 0 Å². The van der Waals surface area contributed by atoms with Crippen molar-refractivity contribution < 1.29 is 4.79 Å². The Bertz CT molecular complexity index is 854. The Kier molecular flexibility index (Phi) is 4.65. The smallest absolute Gasteiger partial charge is 0.223 e. The zero-order valence-electron chi connectivity index (χ0n) is 14.1. The molecule has 0 atom stereocenters. The molecule has 1 amide bonds. The van der Waals surface area contributed by atoms with E-state index in [0.717, 1.165) is 37.7 Å². The van der Waals surface area contributed by atoms with Crippen molar-refractivity contribution in [2.75, 3.05) is 31.1 Å². The second-order valence-corrected chi connectivity index (χ2v) is 7.24. The lowest BCUT2D eigenvalue weighted by atomic mass is 10.0. The molecular formula is C20H21N3OS. The molecule has 1 aromatic heterocycles. The van der Waals surface area contributed by atoms with E-state index in [-0.39, 0.29) is 5.91 Å². The van der Waals surface area contributed by atoms with Gasteiger partial charge in [0.2, 0.25) is 5.91 Å². The molecule has 0 N–H and O–H groups in total. The SMILES string of the molecule is O=C(CCc1ccc2ccccc2c1)N1CCN(c2nccs2)CC1. The summed E-state index contributed by atoms with van der Waals surface area (Å²) in [7, 11) is 0. The van der Waals surface area contributed by atoms with Crippen LogP contribution in [0.3, 0.4) is 0 Å². The van der Waals surface area contributed by atoms with Crippen molar-refractivity contribution in [1.82, 2.24) is 9.88 Å². The van der Waals surface area contributed by atoms with Gasteiger partial charge in [-0.3, -0.25) is 4.79 Å². The molecule has 0 bridgehead atoms. The third-order valence-corrected chi connectivity index (χ3v) is 5.60. The van der Waals surface area contributed by atoms with E-state index in [1.165, 1.54) is 16.3 Å². The summed E-state index contributed by atoms with van der Waals surface area (Å²) in [6.45, 7) is 3.32. The van der Waals surface area contributed by atoms with Crippen LogP contribution in [0.4, 0.5) is 5.13 Å². The van der Waals surface area contributed by atoms with E-state index in [1.807, 2.05) is 16.5 Å². The maximum Gasteiger partial charge on any atom is 0.223 e. The third kappa shape index (κ3) is 3.66. The quantitative estimate of drug-likeness (QED) is 0.721. The van der Waals surface area contributed by atoms with Crippen molar-refractivity contribution in [3.8, 4) is 0 Å². The van der Waals surface area contributed by atoms with Gasteiger partial charge in [-0.2, -0.15) is 0 Å². The topological polar surface area (TPSA) is 36.4 Å². The number of anilines is 1. The van der Waals surface area contributed by atoms with Gasteiger partial charge in [0.05, 0.1) is 0 Å². The standard InChI is InChI=1S/C20H21N3OS/c24-19(22-10-12-23(13-11-22)20-21-9-14-25-20)8-6-16-5-7-17-3-1-2-4-18(17)15-16/h1-5,7,9,14-15H,6,8,10-13H2. The molecule has 1 aliphatic rings.